The van der Waals surface area contributed by atoms with Crippen molar-refractivity contribution in [1.82, 2.24) is 0 Å². The van der Waals surface area contributed by atoms with E-state index in [-0.39, 0.29) is 0 Å². The van der Waals surface area contributed by atoms with Crippen molar-refractivity contribution in [1.29, 1.82) is 0 Å². The standard InChI is InChI=1S/C9H16O/c1-2-8(9-3-4-9)5-7-10-6-1/h8-9H,1-7H2. The number of ether oxygens (including phenoxy) is 1. The van der Waals surface area contributed by atoms with Gasteiger partial charge in [0.05, 0.1) is 0 Å². The zero-order valence-corrected chi connectivity index (χ0v) is 6.51. The lowest BCUT2D eigenvalue weighted by Gasteiger charge is -2.09. The van der Waals surface area contributed by atoms with Gasteiger partial charge in [0.25, 0.3) is 0 Å². The van der Waals surface area contributed by atoms with Crippen LogP contribution in [0.2, 0.25) is 0 Å². The van der Waals surface area contributed by atoms with Crippen LogP contribution in [0, 0.1) is 11.8 Å². The minimum absolute atomic E-state index is 1.02. The number of hydrogen-bond acceptors (Lipinski definition) is 1. The third-order valence-corrected chi connectivity index (χ3v) is 2.79. The van der Waals surface area contributed by atoms with Crippen molar-refractivity contribution >= 4 is 0 Å². The van der Waals surface area contributed by atoms with Gasteiger partial charge in [-0.1, -0.05) is 0 Å². The van der Waals surface area contributed by atoms with Crippen molar-refractivity contribution in [2.75, 3.05) is 13.2 Å². The Morgan fingerprint density at radius 3 is 2.40 bits per heavy atom. The fraction of sp³-hybridized carbons (Fsp3) is 1.00. The summed E-state index contributed by atoms with van der Waals surface area (Å²) in [4.78, 5) is 0. The maximum Gasteiger partial charge on any atom is 0.0468 e. The topological polar surface area (TPSA) is 9.23 Å². The molecule has 0 aromatic carbocycles. The molecule has 58 valence electrons. The highest BCUT2D eigenvalue weighted by atomic mass is 16.5. The number of hydrogen-bond donors (Lipinski definition) is 0. The van der Waals surface area contributed by atoms with Gasteiger partial charge in [-0.15, -0.1) is 0 Å². The maximum absolute atomic E-state index is 5.40. The predicted molar refractivity (Wildman–Crippen MR) is 40.9 cm³/mol. The molecule has 0 aromatic heterocycles. The molecule has 1 aliphatic heterocycles. The van der Waals surface area contributed by atoms with Crippen molar-refractivity contribution in [3.8, 4) is 0 Å². The Morgan fingerprint density at radius 1 is 0.800 bits per heavy atom. The van der Waals surface area contributed by atoms with Gasteiger partial charge < -0.3 is 4.74 Å². The van der Waals surface area contributed by atoms with E-state index in [0.717, 1.165) is 25.0 Å². The Labute approximate surface area is 62.8 Å². The highest BCUT2D eigenvalue weighted by Gasteiger charge is 2.30. The second kappa shape index (κ2) is 2.91. The molecule has 1 saturated carbocycles. The van der Waals surface area contributed by atoms with Crippen LogP contribution in [0.15, 0.2) is 0 Å². The van der Waals surface area contributed by atoms with Crippen molar-refractivity contribution in [3.05, 3.63) is 0 Å². The Hall–Kier alpha value is -0.0400. The molecule has 0 amide bonds. The van der Waals surface area contributed by atoms with Crippen molar-refractivity contribution in [2.45, 2.75) is 32.1 Å². The smallest absolute Gasteiger partial charge is 0.0468 e. The van der Waals surface area contributed by atoms with E-state index in [9.17, 15) is 0 Å². The van der Waals surface area contributed by atoms with E-state index in [4.69, 9.17) is 4.74 Å². The first-order chi connectivity index (χ1) is 4.97. The molecule has 0 radical (unpaired) electrons. The van der Waals surface area contributed by atoms with Gasteiger partial charge in [-0.2, -0.15) is 0 Å². The lowest BCUT2D eigenvalue weighted by atomic mass is 9.96. The summed E-state index contributed by atoms with van der Waals surface area (Å²) >= 11 is 0. The van der Waals surface area contributed by atoms with Crippen LogP contribution in [-0.2, 0) is 4.74 Å². The van der Waals surface area contributed by atoms with Gasteiger partial charge in [-0.05, 0) is 43.9 Å². The molecule has 2 rings (SSSR count). The van der Waals surface area contributed by atoms with Crippen molar-refractivity contribution in [2.24, 2.45) is 11.8 Å². The minimum Gasteiger partial charge on any atom is -0.381 e. The van der Waals surface area contributed by atoms with Crippen LogP contribution in [-0.4, -0.2) is 13.2 Å². The first kappa shape index (κ1) is 6.66. The maximum atomic E-state index is 5.40. The molecule has 2 aliphatic rings. The summed E-state index contributed by atoms with van der Waals surface area (Å²) in [5, 5.41) is 0. The molecule has 1 aliphatic carbocycles. The summed E-state index contributed by atoms with van der Waals surface area (Å²) in [5.74, 6) is 2.13. The van der Waals surface area contributed by atoms with Gasteiger partial charge in [0, 0.05) is 13.2 Å². The number of rotatable bonds is 1. The molecular weight excluding hydrogens is 124 g/mol. The van der Waals surface area contributed by atoms with Gasteiger partial charge >= 0.3 is 0 Å². The normalized spacial score (nSPS) is 35.4. The van der Waals surface area contributed by atoms with Crippen LogP contribution < -0.4 is 0 Å². The summed E-state index contributed by atoms with van der Waals surface area (Å²) in [6.07, 6.45) is 7.09. The van der Waals surface area contributed by atoms with Crippen LogP contribution >= 0.6 is 0 Å². The van der Waals surface area contributed by atoms with E-state index in [1.165, 1.54) is 32.1 Å². The van der Waals surface area contributed by atoms with E-state index in [1.54, 1.807) is 0 Å². The molecule has 1 atom stereocenters. The van der Waals surface area contributed by atoms with Gasteiger partial charge in [-0.3, -0.25) is 0 Å². The average Bonchev–Trinajstić information content (AvgIpc) is 2.76. The van der Waals surface area contributed by atoms with E-state index >= 15 is 0 Å². The first-order valence-corrected chi connectivity index (χ1v) is 4.54. The summed E-state index contributed by atoms with van der Waals surface area (Å²) in [6, 6.07) is 0. The highest BCUT2D eigenvalue weighted by molar-refractivity contribution is 4.81. The summed E-state index contributed by atoms with van der Waals surface area (Å²) in [7, 11) is 0. The van der Waals surface area contributed by atoms with E-state index in [2.05, 4.69) is 0 Å². The molecule has 0 bridgehead atoms. The molecule has 1 heteroatoms. The highest BCUT2D eigenvalue weighted by Crippen LogP contribution is 2.41. The molecule has 0 N–H and O–H groups in total. The SMILES string of the molecule is C1COCCC(C2CC2)C1. The van der Waals surface area contributed by atoms with Crippen LogP contribution in [0.25, 0.3) is 0 Å². The Balaban J connectivity index is 1.81. The van der Waals surface area contributed by atoms with Gasteiger partial charge in [0.2, 0.25) is 0 Å². The Bertz CT molecular complexity index is 99.3. The molecule has 1 heterocycles. The molecule has 0 aromatic rings. The lowest BCUT2D eigenvalue weighted by molar-refractivity contribution is 0.140. The fourth-order valence-corrected chi connectivity index (χ4v) is 1.97. The third-order valence-electron chi connectivity index (χ3n) is 2.79. The molecule has 1 saturated heterocycles. The first-order valence-electron chi connectivity index (χ1n) is 4.54. The molecule has 10 heavy (non-hydrogen) atoms. The van der Waals surface area contributed by atoms with Crippen LogP contribution in [0.4, 0.5) is 0 Å². The van der Waals surface area contributed by atoms with E-state index in [1.807, 2.05) is 0 Å². The molecule has 2 fully saturated rings. The molecule has 1 nitrogen and oxygen atoms in total. The average molecular weight is 140 g/mol. The van der Waals surface area contributed by atoms with E-state index < -0.39 is 0 Å². The second-order valence-electron chi connectivity index (χ2n) is 3.64. The van der Waals surface area contributed by atoms with Crippen molar-refractivity contribution < 1.29 is 4.74 Å². The largest absolute Gasteiger partial charge is 0.381 e. The molecular formula is C9H16O. The zero-order valence-electron chi connectivity index (χ0n) is 6.51. The summed E-state index contributed by atoms with van der Waals surface area (Å²) in [5.41, 5.74) is 0. The Morgan fingerprint density at radius 2 is 1.60 bits per heavy atom. The Kier molecular flexibility index (Phi) is 1.94. The fourth-order valence-electron chi connectivity index (χ4n) is 1.97. The van der Waals surface area contributed by atoms with Crippen LogP contribution in [0.5, 0.6) is 0 Å². The summed E-state index contributed by atoms with van der Waals surface area (Å²) in [6.45, 7) is 2.05. The second-order valence-corrected chi connectivity index (χ2v) is 3.64. The predicted octanol–water partition coefficient (Wildman–Crippen LogP) is 2.21. The van der Waals surface area contributed by atoms with Crippen LogP contribution in [0.1, 0.15) is 32.1 Å². The van der Waals surface area contributed by atoms with Gasteiger partial charge in [0.15, 0.2) is 0 Å². The van der Waals surface area contributed by atoms with Crippen molar-refractivity contribution in [3.63, 3.8) is 0 Å². The van der Waals surface area contributed by atoms with Crippen LogP contribution in [0.3, 0.4) is 0 Å². The third kappa shape index (κ3) is 1.51. The monoisotopic (exact) mass is 140 g/mol. The minimum atomic E-state index is 1.02. The zero-order chi connectivity index (χ0) is 6.81. The van der Waals surface area contributed by atoms with E-state index in [0.29, 0.717) is 0 Å². The molecule has 0 spiro atoms. The quantitative estimate of drug-likeness (QED) is 0.542. The molecule has 1 unspecified atom stereocenters. The summed E-state index contributed by atoms with van der Waals surface area (Å²) < 4.78 is 5.40. The lowest BCUT2D eigenvalue weighted by Crippen LogP contribution is -2.02. The van der Waals surface area contributed by atoms with Gasteiger partial charge in [-0.25, -0.2) is 0 Å². The van der Waals surface area contributed by atoms with Gasteiger partial charge in [0.1, 0.15) is 0 Å².